The van der Waals surface area contributed by atoms with Crippen LogP contribution in [-0.2, 0) is 11.3 Å². The van der Waals surface area contributed by atoms with Gasteiger partial charge in [-0.25, -0.2) is 4.39 Å². The summed E-state index contributed by atoms with van der Waals surface area (Å²) in [5.41, 5.74) is 1.46. The Morgan fingerprint density at radius 2 is 1.88 bits per heavy atom. The number of rotatable bonds is 6. The molecule has 0 aliphatic carbocycles. The second-order valence-electron chi connectivity index (χ2n) is 5.61. The summed E-state index contributed by atoms with van der Waals surface area (Å²) in [5, 5.41) is 16.6. The molecule has 2 rings (SSSR count). The van der Waals surface area contributed by atoms with Crippen molar-refractivity contribution in [2.24, 2.45) is 5.92 Å². The number of halogens is 1. The van der Waals surface area contributed by atoms with E-state index in [1.165, 1.54) is 0 Å². The molecule has 0 spiro atoms. The Morgan fingerprint density at radius 3 is 2.46 bits per heavy atom. The molecule has 0 heterocycles. The van der Waals surface area contributed by atoms with E-state index < -0.39 is 10.7 Å². The lowest BCUT2D eigenvalue weighted by atomic mass is 10.1. The van der Waals surface area contributed by atoms with Crippen LogP contribution in [0.1, 0.15) is 19.4 Å². The fraction of sp³-hybridized carbons (Fsp3) is 0.235. The maximum absolute atomic E-state index is 13.3. The van der Waals surface area contributed by atoms with Crippen molar-refractivity contribution >= 4 is 23.0 Å². The summed E-state index contributed by atoms with van der Waals surface area (Å²) in [6.45, 7) is 3.90. The zero-order valence-corrected chi connectivity index (χ0v) is 13.4. The molecule has 0 bridgehead atoms. The van der Waals surface area contributed by atoms with E-state index in [-0.39, 0.29) is 23.2 Å². The van der Waals surface area contributed by atoms with Gasteiger partial charge in [0.2, 0.25) is 5.91 Å². The number of hydrogen-bond donors (Lipinski definition) is 2. The molecule has 0 fully saturated rings. The van der Waals surface area contributed by atoms with Gasteiger partial charge in [-0.15, -0.1) is 0 Å². The van der Waals surface area contributed by atoms with Gasteiger partial charge in [0.05, 0.1) is 4.92 Å². The zero-order valence-electron chi connectivity index (χ0n) is 13.4. The molecule has 0 aliphatic heterocycles. The van der Waals surface area contributed by atoms with Crippen LogP contribution >= 0.6 is 0 Å². The normalized spacial score (nSPS) is 10.5. The first-order valence-corrected chi connectivity index (χ1v) is 7.44. The van der Waals surface area contributed by atoms with E-state index in [0.29, 0.717) is 12.2 Å². The number of hydrogen-bond acceptors (Lipinski definition) is 4. The quantitative estimate of drug-likeness (QED) is 0.620. The summed E-state index contributed by atoms with van der Waals surface area (Å²) in [7, 11) is 0. The Balaban J connectivity index is 2.04. The SMILES string of the molecule is CC(C)C(=O)Nc1ccc(CNc2cc(F)ccc2[N+](=O)[O-])cc1. The van der Waals surface area contributed by atoms with Gasteiger partial charge in [0.25, 0.3) is 5.69 Å². The minimum atomic E-state index is -0.563. The minimum absolute atomic E-state index is 0.0729. The molecule has 6 nitrogen and oxygen atoms in total. The number of nitrogens with one attached hydrogen (secondary N) is 2. The maximum Gasteiger partial charge on any atom is 0.292 e. The summed E-state index contributed by atoms with van der Waals surface area (Å²) in [4.78, 5) is 22.0. The average molecular weight is 331 g/mol. The monoisotopic (exact) mass is 331 g/mol. The Labute approximate surface area is 138 Å². The van der Waals surface area contributed by atoms with E-state index in [0.717, 1.165) is 23.8 Å². The van der Waals surface area contributed by atoms with E-state index in [9.17, 15) is 19.3 Å². The van der Waals surface area contributed by atoms with Gasteiger partial charge in [0.15, 0.2) is 0 Å². The molecular formula is C17H18FN3O3. The van der Waals surface area contributed by atoms with E-state index in [2.05, 4.69) is 10.6 Å². The molecule has 0 atom stereocenters. The summed E-state index contributed by atoms with van der Waals surface area (Å²) in [6.07, 6.45) is 0. The number of nitrogens with zero attached hydrogens (tertiary/aromatic N) is 1. The molecule has 0 saturated heterocycles. The molecule has 0 aliphatic rings. The van der Waals surface area contributed by atoms with Crippen molar-refractivity contribution in [3.8, 4) is 0 Å². The van der Waals surface area contributed by atoms with Crippen molar-refractivity contribution in [2.45, 2.75) is 20.4 Å². The molecule has 2 aromatic carbocycles. The molecule has 1 amide bonds. The number of carbonyl (C=O) groups is 1. The van der Waals surface area contributed by atoms with E-state index in [1.807, 2.05) is 0 Å². The molecule has 7 heteroatoms. The third-order valence-corrected chi connectivity index (χ3v) is 3.38. The molecule has 0 radical (unpaired) electrons. The first kappa shape index (κ1) is 17.4. The van der Waals surface area contributed by atoms with Gasteiger partial charge < -0.3 is 10.6 Å². The van der Waals surface area contributed by atoms with Crippen LogP contribution in [-0.4, -0.2) is 10.8 Å². The van der Waals surface area contributed by atoms with Crippen LogP contribution in [0.4, 0.5) is 21.5 Å². The Bertz CT molecular complexity index is 745. The third-order valence-electron chi connectivity index (χ3n) is 3.38. The van der Waals surface area contributed by atoms with Crippen molar-refractivity contribution in [2.75, 3.05) is 10.6 Å². The van der Waals surface area contributed by atoms with Crippen LogP contribution in [0.15, 0.2) is 42.5 Å². The van der Waals surface area contributed by atoms with Crippen LogP contribution in [0.5, 0.6) is 0 Å². The maximum atomic E-state index is 13.3. The lowest BCUT2D eigenvalue weighted by Gasteiger charge is -2.10. The zero-order chi connectivity index (χ0) is 17.7. The van der Waals surface area contributed by atoms with Crippen molar-refractivity contribution in [1.82, 2.24) is 0 Å². The number of nitro benzene ring substituents is 1. The number of nitro groups is 1. The van der Waals surface area contributed by atoms with E-state index >= 15 is 0 Å². The van der Waals surface area contributed by atoms with Crippen molar-refractivity contribution < 1.29 is 14.1 Å². The molecule has 0 saturated carbocycles. The highest BCUT2D eigenvalue weighted by Gasteiger charge is 2.14. The van der Waals surface area contributed by atoms with Crippen molar-refractivity contribution in [3.63, 3.8) is 0 Å². The fourth-order valence-electron chi connectivity index (χ4n) is 2.00. The van der Waals surface area contributed by atoms with Gasteiger partial charge >= 0.3 is 0 Å². The highest BCUT2D eigenvalue weighted by atomic mass is 19.1. The number of benzene rings is 2. The Kier molecular flexibility index (Phi) is 5.47. The molecule has 2 aromatic rings. The summed E-state index contributed by atoms with van der Waals surface area (Å²) >= 11 is 0. The van der Waals surface area contributed by atoms with Crippen LogP contribution in [0, 0.1) is 21.8 Å². The summed E-state index contributed by atoms with van der Waals surface area (Å²) in [5.74, 6) is -0.731. The van der Waals surface area contributed by atoms with Gasteiger partial charge in [-0.1, -0.05) is 26.0 Å². The van der Waals surface area contributed by atoms with Crippen molar-refractivity contribution in [1.29, 1.82) is 0 Å². The average Bonchev–Trinajstić information content (AvgIpc) is 2.53. The van der Waals surface area contributed by atoms with Crippen LogP contribution in [0.25, 0.3) is 0 Å². The van der Waals surface area contributed by atoms with E-state index in [4.69, 9.17) is 0 Å². The molecule has 0 unspecified atom stereocenters. The number of carbonyl (C=O) groups excluding carboxylic acids is 1. The first-order valence-electron chi connectivity index (χ1n) is 7.44. The van der Waals surface area contributed by atoms with Gasteiger partial charge in [-0.05, 0) is 23.8 Å². The van der Waals surface area contributed by atoms with Gasteiger partial charge in [0.1, 0.15) is 11.5 Å². The highest BCUT2D eigenvalue weighted by Crippen LogP contribution is 2.25. The van der Waals surface area contributed by atoms with E-state index in [1.54, 1.807) is 38.1 Å². The molecular weight excluding hydrogens is 313 g/mol. The van der Waals surface area contributed by atoms with Crippen LogP contribution < -0.4 is 10.6 Å². The third kappa shape index (κ3) is 4.52. The van der Waals surface area contributed by atoms with Gasteiger partial charge in [-0.2, -0.15) is 0 Å². The van der Waals surface area contributed by atoms with Gasteiger partial charge in [-0.3, -0.25) is 14.9 Å². The number of amides is 1. The predicted octanol–water partition coefficient (Wildman–Crippen LogP) is 3.94. The Morgan fingerprint density at radius 1 is 1.21 bits per heavy atom. The largest absolute Gasteiger partial charge is 0.375 e. The predicted molar refractivity (Wildman–Crippen MR) is 90.3 cm³/mol. The Hall–Kier alpha value is -2.96. The molecule has 2 N–H and O–H groups in total. The summed E-state index contributed by atoms with van der Waals surface area (Å²) in [6, 6.07) is 10.3. The molecule has 126 valence electrons. The number of anilines is 2. The lowest BCUT2D eigenvalue weighted by molar-refractivity contribution is -0.384. The molecule has 0 aromatic heterocycles. The fourth-order valence-corrected chi connectivity index (χ4v) is 2.00. The lowest BCUT2D eigenvalue weighted by Crippen LogP contribution is -2.17. The van der Waals surface area contributed by atoms with Crippen LogP contribution in [0.2, 0.25) is 0 Å². The van der Waals surface area contributed by atoms with Gasteiger partial charge in [0, 0.05) is 30.3 Å². The standard InChI is InChI=1S/C17H18FN3O3/c1-11(2)17(22)20-14-6-3-12(4-7-14)10-19-15-9-13(18)5-8-16(15)21(23)24/h3-9,11,19H,10H2,1-2H3,(H,20,22). The first-order chi connectivity index (χ1) is 11.4. The smallest absolute Gasteiger partial charge is 0.292 e. The van der Waals surface area contributed by atoms with Crippen LogP contribution in [0.3, 0.4) is 0 Å². The minimum Gasteiger partial charge on any atom is -0.375 e. The van der Waals surface area contributed by atoms with Crippen molar-refractivity contribution in [3.05, 3.63) is 64.0 Å². The topological polar surface area (TPSA) is 84.3 Å². The molecule has 24 heavy (non-hydrogen) atoms. The summed E-state index contributed by atoms with van der Waals surface area (Å²) < 4.78 is 13.3. The second kappa shape index (κ2) is 7.54. The highest BCUT2D eigenvalue weighted by molar-refractivity contribution is 5.92. The second-order valence-corrected chi connectivity index (χ2v) is 5.61.